The second-order valence-electron chi connectivity index (χ2n) is 6.16. The number of ether oxygens (including phenoxy) is 2. The number of halogens is 1. The quantitative estimate of drug-likeness (QED) is 0.914. The van der Waals surface area contributed by atoms with E-state index in [1.807, 2.05) is 6.07 Å². The topological polar surface area (TPSA) is 44.5 Å². The molecule has 2 N–H and O–H groups in total. The standard InChI is InChI=1S/C15H20FNO2/c1-14(2,16)11-8-13-12(18-5-6-19-13)7-10(11)9-15(17)3-4-15/h7-8H,3-6,9,17H2,1-2H3. The molecule has 1 aromatic rings. The van der Waals surface area contributed by atoms with E-state index >= 15 is 0 Å². The second-order valence-corrected chi connectivity index (χ2v) is 6.16. The van der Waals surface area contributed by atoms with Crippen molar-refractivity contribution >= 4 is 0 Å². The Kier molecular flexibility index (Phi) is 2.75. The van der Waals surface area contributed by atoms with Gasteiger partial charge in [-0.1, -0.05) is 0 Å². The molecule has 19 heavy (non-hydrogen) atoms. The molecular weight excluding hydrogens is 245 g/mol. The van der Waals surface area contributed by atoms with Crippen molar-refractivity contribution in [1.29, 1.82) is 0 Å². The van der Waals surface area contributed by atoms with Gasteiger partial charge in [-0.2, -0.15) is 0 Å². The maximum atomic E-state index is 14.4. The summed E-state index contributed by atoms with van der Waals surface area (Å²) in [4.78, 5) is 0. The molecule has 1 aliphatic heterocycles. The summed E-state index contributed by atoms with van der Waals surface area (Å²) in [6.45, 7) is 4.19. The van der Waals surface area contributed by atoms with Crippen LogP contribution in [-0.4, -0.2) is 18.8 Å². The van der Waals surface area contributed by atoms with Crippen LogP contribution in [0.3, 0.4) is 0 Å². The van der Waals surface area contributed by atoms with Crippen LogP contribution in [0.15, 0.2) is 12.1 Å². The maximum absolute atomic E-state index is 14.4. The van der Waals surface area contributed by atoms with E-state index in [0.29, 0.717) is 36.7 Å². The smallest absolute Gasteiger partial charge is 0.161 e. The number of nitrogens with two attached hydrogens (primary N) is 1. The zero-order valence-electron chi connectivity index (χ0n) is 11.5. The van der Waals surface area contributed by atoms with E-state index in [-0.39, 0.29) is 5.54 Å². The molecule has 0 amide bonds. The largest absolute Gasteiger partial charge is 0.486 e. The molecule has 1 heterocycles. The van der Waals surface area contributed by atoms with Gasteiger partial charge in [0.05, 0.1) is 0 Å². The van der Waals surface area contributed by atoms with E-state index in [9.17, 15) is 4.39 Å². The van der Waals surface area contributed by atoms with Crippen LogP contribution >= 0.6 is 0 Å². The summed E-state index contributed by atoms with van der Waals surface area (Å²) < 4.78 is 25.5. The van der Waals surface area contributed by atoms with Crippen molar-refractivity contribution in [2.24, 2.45) is 5.73 Å². The van der Waals surface area contributed by atoms with Crippen LogP contribution < -0.4 is 15.2 Å². The molecule has 0 spiro atoms. The average Bonchev–Trinajstić information content (AvgIpc) is 3.04. The molecule has 3 nitrogen and oxygen atoms in total. The fraction of sp³-hybridized carbons (Fsp3) is 0.600. The summed E-state index contributed by atoms with van der Waals surface area (Å²) in [6.07, 6.45) is 2.72. The first-order valence-corrected chi connectivity index (χ1v) is 6.78. The van der Waals surface area contributed by atoms with Gasteiger partial charge in [-0.3, -0.25) is 0 Å². The van der Waals surface area contributed by atoms with Crippen molar-refractivity contribution in [3.8, 4) is 11.5 Å². The predicted octanol–water partition coefficient (Wildman–Crippen LogP) is 2.70. The molecule has 1 saturated carbocycles. The van der Waals surface area contributed by atoms with Gasteiger partial charge in [0.2, 0.25) is 0 Å². The van der Waals surface area contributed by atoms with Gasteiger partial charge < -0.3 is 15.2 Å². The van der Waals surface area contributed by atoms with Gasteiger partial charge in [0.25, 0.3) is 0 Å². The van der Waals surface area contributed by atoms with E-state index in [1.165, 1.54) is 0 Å². The van der Waals surface area contributed by atoms with Crippen LogP contribution in [0.5, 0.6) is 11.5 Å². The highest BCUT2D eigenvalue weighted by Crippen LogP contribution is 2.43. The lowest BCUT2D eigenvalue weighted by molar-refractivity contribution is 0.168. The fourth-order valence-electron chi connectivity index (χ4n) is 2.55. The lowest BCUT2D eigenvalue weighted by Gasteiger charge is -2.26. The molecule has 0 saturated heterocycles. The maximum Gasteiger partial charge on any atom is 0.161 e. The molecule has 0 bridgehead atoms. The summed E-state index contributed by atoms with van der Waals surface area (Å²) in [7, 11) is 0. The summed E-state index contributed by atoms with van der Waals surface area (Å²) in [5, 5.41) is 0. The Balaban J connectivity index is 2.03. The SMILES string of the molecule is CC(C)(F)c1cc2c(cc1CC1(N)CC1)OCCO2. The summed E-state index contributed by atoms with van der Waals surface area (Å²) in [5.74, 6) is 1.34. The van der Waals surface area contributed by atoms with Crippen LogP contribution in [-0.2, 0) is 12.1 Å². The van der Waals surface area contributed by atoms with Crippen LogP contribution in [0.1, 0.15) is 37.8 Å². The van der Waals surface area contributed by atoms with Crippen molar-refractivity contribution < 1.29 is 13.9 Å². The molecular formula is C15H20FNO2. The first kappa shape index (κ1) is 12.7. The first-order chi connectivity index (χ1) is 8.87. The Bertz CT molecular complexity index is 504. The highest BCUT2D eigenvalue weighted by Gasteiger charge is 2.40. The van der Waals surface area contributed by atoms with E-state index in [4.69, 9.17) is 15.2 Å². The van der Waals surface area contributed by atoms with Gasteiger partial charge in [0.15, 0.2) is 11.5 Å². The molecule has 3 rings (SSSR count). The normalized spacial score (nSPS) is 20.2. The molecule has 0 atom stereocenters. The average molecular weight is 265 g/mol. The van der Waals surface area contributed by atoms with Crippen molar-refractivity contribution in [3.63, 3.8) is 0 Å². The third-order valence-electron chi connectivity index (χ3n) is 3.84. The van der Waals surface area contributed by atoms with Gasteiger partial charge in [-0.15, -0.1) is 0 Å². The molecule has 0 unspecified atom stereocenters. The summed E-state index contributed by atoms with van der Waals surface area (Å²) in [5.41, 5.74) is 6.22. The number of hydrogen-bond acceptors (Lipinski definition) is 3. The lowest BCUT2D eigenvalue weighted by atomic mass is 9.90. The zero-order valence-corrected chi connectivity index (χ0v) is 11.5. The fourth-order valence-corrected chi connectivity index (χ4v) is 2.55. The Morgan fingerprint density at radius 2 is 1.79 bits per heavy atom. The Hall–Kier alpha value is -1.29. The van der Waals surface area contributed by atoms with Crippen LogP contribution in [0.4, 0.5) is 4.39 Å². The van der Waals surface area contributed by atoms with Gasteiger partial charge in [0, 0.05) is 5.54 Å². The van der Waals surface area contributed by atoms with Gasteiger partial charge in [-0.25, -0.2) is 4.39 Å². The Labute approximate surface area is 112 Å². The molecule has 1 fully saturated rings. The van der Waals surface area contributed by atoms with E-state index in [1.54, 1.807) is 19.9 Å². The van der Waals surface area contributed by atoms with Gasteiger partial charge in [0.1, 0.15) is 18.9 Å². The molecule has 0 radical (unpaired) electrons. The molecule has 4 heteroatoms. The number of fused-ring (bicyclic) bond motifs is 1. The van der Waals surface area contributed by atoms with Crippen molar-refractivity contribution in [2.45, 2.75) is 44.3 Å². The minimum atomic E-state index is -1.41. The molecule has 104 valence electrons. The number of hydrogen-bond donors (Lipinski definition) is 1. The molecule has 2 aliphatic rings. The lowest BCUT2D eigenvalue weighted by Crippen LogP contribution is -2.27. The van der Waals surface area contributed by atoms with Crippen LogP contribution in [0.2, 0.25) is 0 Å². The third kappa shape index (κ3) is 2.54. The zero-order chi connectivity index (χ0) is 13.7. The Morgan fingerprint density at radius 1 is 1.21 bits per heavy atom. The minimum absolute atomic E-state index is 0.149. The van der Waals surface area contributed by atoms with Crippen molar-refractivity contribution in [2.75, 3.05) is 13.2 Å². The van der Waals surface area contributed by atoms with Gasteiger partial charge in [-0.05, 0) is 56.4 Å². The van der Waals surface area contributed by atoms with Crippen molar-refractivity contribution in [1.82, 2.24) is 0 Å². The third-order valence-corrected chi connectivity index (χ3v) is 3.84. The molecule has 1 aliphatic carbocycles. The molecule has 0 aromatic heterocycles. The summed E-state index contributed by atoms with van der Waals surface area (Å²) in [6, 6.07) is 3.67. The predicted molar refractivity (Wildman–Crippen MR) is 71.4 cm³/mol. The minimum Gasteiger partial charge on any atom is -0.486 e. The van der Waals surface area contributed by atoms with Gasteiger partial charge >= 0.3 is 0 Å². The first-order valence-electron chi connectivity index (χ1n) is 6.78. The molecule has 1 aromatic carbocycles. The van der Waals surface area contributed by atoms with E-state index in [0.717, 1.165) is 18.4 Å². The van der Waals surface area contributed by atoms with Crippen LogP contribution in [0.25, 0.3) is 0 Å². The summed E-state index contributed by atoms with van der Waals surface area (Å²) >= 11 is 0. The highest BCUT2D eigenvalue weighted by molar-refractivity contribution is 5.50. The van der Waals surface area contributed by atoms with E-state index < -0.39 is 5.67 Å². The second kappa shape index (κ2) is 4.10. The monoisotopic (exact) mass is 265 g/mol. The number of benzene rings is 1. The van der Waals surface area contributed by atoms with Crippen LogP contribution in [0, 0.1) is 0 Å². The highest BCUT2D eigenvalue weighted by atomic mass is 19.1. The number of rotatable bonds is 3. The van der Waals surface area contributed by atoms with E-state index in [2.05, 4.69) is 0 Å². The Morgan fingerprint density at radius 3 is 2.32 bits per heavy atom. The number of alkyl halides is 1. The van der Waals surface area contributed by atoms with Crippen molar-refractivity contribution in [3.05, 3.63) is 23.3 Å².